The van der Waals surface area contributed by atoms with Gasteiger partial charge in [-0.05, 0) is 55.3 Å². The van der Waals surface area contributed by atoms with Gasteiger partial charge in [-0.3, -0.25) is 9.59 Å². The molecule has 2 atom stereocenters. The van der Waals surface area contributed by atoms with E-state index in [4.69, 9.17) is 5.11 Å². The molecule has 0 saturated heterocycles. The molecule has 4 nitrogen and oxygen atoms in total. The van der Waals surface area contributed by atoms with Gasteiger partial charge < -0.3 is 10.4 Å². The third-order valence-electron chi connectivity index (χ3n) is 5.73. The van der Waals surface area contributed by atoms with Crippen LogP contribution in [-0.4, -0.2) is 23.5 Å². The average molecular weight is 279 g/mol. The Morgan fingerprint density at radius 3 is 2.20 bits per heavy atom. The number of carbonyl (C=O) groups excluding carboxylic acids is 1. The molecule has 0 aliphatic heterocycles. The van der Waals surface area contributed by atoms with Gasteiger partial charge in [-0.25, -0.2) is 0 Å². The van der Waals surface area contributed by atoms with Crippen LogP contribution in [-0.2, 0) is 9.59 Å². The number of carbonyl (C=O) groups is 2. The maximum absolute atomic E-state index is 12.7. The molecule has 0 radical (unpaired) electrons. The first-order chi connectivity index (χ1) is 9.24. The summed E-state index contributed by atoms with van der Waals surface area (Å²) in [6.45, 7) is 4.94. The smallest absolute Gasteiger partial charge is 0.305 e. The fourth-order valence-corrected chi connectivity index (χ4v) is 6.17. The maximum Gasteiger partial charge on any atom is 0.305 e. The van der Waals surface area contributed by atoms with Gasteiger partial charge in [0.1, 0.15) is 0 Å². The SMILES string of the molecule is CC12CC3CC(C)(C1)CC(C(=O)NCCC(=O)O)(C3)C2. The van der Waals surface area contributed by atoms with Crippen molar-refractivity contribution < 1.29 is 14.7 Å². The van der Waals surface area contributed by atoms with E-state index in [-0.39, 0.29) is 24.3 Å². The van der Waals surface area contributed by atoms with Gasteiger partial charge in [0.25, 0.3) is 0 Å². The summed E-state index contributed by atoms with van der Waals surface area (Å²) in [5.41, 5.74) is 0.415. The molecular formula is C16H25NO3. The van der Waals surface area contributed by atoms with Gasteiger partial charge in [-0.15, -0.1) is 0 Å². The number of carboxylic acid groups (broad SMARTS) is 1. The molecule has 4 heteroatoms. The van der Waals surface area contributed by atoms with Gasteiger partial charge >= 0.3 is 5.97 Å². The zero-order chi connectivity index (χ0) is 14.6. The van der Waals surface area contributed by atoms with Crippen LogP contribution in [0.4, 0.5) is 0 Å². The lowest BCUT2D eigenvalue weighted by Crippen LogP contribution is -2.60. The van der Waals surface area contributed by atoms with Crippen molar-refractivity contribution >= 4 is 11.9 Å². The first-order valence-corrected chi connectivity index (χ1v) is 7.75. The molecule has 4 fully saturated rings. The van der Waals surface area contributed by atoms with Crippen molar-refractivity contribution in [1.29, 1.82) is 0 Å². The Hall–Kier alpha value is -1.06. The second kappa shape index (κ2) is 4.22. The Balaban J connectivity index is 1.75. The van der Waals surface area contributed by atoms with E-state index in [0.717, 1.165) is 19.3 Å². The molecule has 0 aromatic carbocycles. The Bertz CT molecular complexity index is 441. The molecule has 4 aliphatic carbocycles. The Labute approximate surface area is 120 Å². The van der Waals surface area contributed by atoms with Crippen molar-refractivity contribution in [2.24, 2.45) is 22.2 Å². The Morgan fingerprint density at radius 2 is 1.70 bits per heavy atom. The summed E-state index contributed by atoms with van der Waals surface area (Å²) < 4.78 is 0. The van der Waals surface area contributed by atoms with Crippen LogP contribution in [0.15, 0.2) is 0 Å². The van der Waals surface area contributed by atoms with Crippen LogP contribution in [0.1, 0.15) is 58.8 Å². The Kier molecular flexibility index (Phi) is 2.93. The highest BCUT2D eigenvalue weighted by atomic mass is 16.4. The minimum atomic E-state index is -0.852. The van der Waals surface area contributed by atoms with Crippen molar-refractivity contribution in [2.75, 3.05) is 6.54 Å². The summed E-state index contributed by atoms with van der Waals surface area (Å²) in [6.07, 6.45) is 6.80. The summed E-state index contributed by atoms with van der Waals surface area (Å²) in [7, 11) is 0. The van der Waals surface area contributed by atoms with Crippen LogP contribution in [0.2, 0.25) is 0 Å². The van der Waals surface area contributed by atoms with Gasteiger partial charge in [0, 0.05) is 6.54 Å². The molecule has 4 rings (SSSR count). The van der Waals surface area contributed by atoms with Gasteiger partial charge in [0.2, 0.25) is 5.91 Å². The van der Waals surface area contributed by atoms with Crippen molar-refractivity contribution in [3.05, 3.63) is 0 Å². The molecule has 0 aromatic heterocycles. The highest BCUT2D eigenvalue weighted by molar-refractivity contribution is 5.83. The molecule has 2 N–H and O–H groups in total. The quantitative estimate of drug-likeness (QED) is 0.831. The third-order valence-corrected chi connectivity index (χ3v) is 5.73. The number of nitrogens with one attached hydrogen (secondary N) is 1. The first-order valence-electron chi connectivity index (χ1n) is 7.75. The first kappa shape index (κ1) is 13.9. The average Bonchev–Trinajstić information content (AvgIpc) is 2.22. The van der Waals surface area contributed by atoms with Crippen LogP contribution in [0, 0.1) is 22.2 Å². The van der Waals surface area contributed by atoms with E-state index in [0.29, 0.717) is 16.7 Å². The topological polar surface area (TPSA) is 66.4 Å². The second-order valence-corrected chi connectivity index (χ2v) is 8.31. The molecule has 0 spiro atoms. The minimum absolute atomic E-state index is 0.0137. The summed E-state index contributed by atoms with van der Waals surface area (Å²) in [5.74, 6) is -0.0542. The zero-order valence-electron chi connectivity index (χ0n) is 12.5. The molecule has 1 amide bonds. The number of amides is 1. The van der Waals surface area contributed by atoms with E-state index in [2.05, 4.69) is 19.2 Å². The van der Waals surface area contributed by atoms with Crippen LogP contribution >= 0.6 is 0 Å². The summed E-state index contributed by atoms with van der Waals surface area (Å²) in [5, 5.41) is 11.6. The van der Waals surface area contributed by atoms with Crippen LogP contribution < -0.4 is 5.32 Å². The fourth-order valence-electron chi connectivity index (χ4n) is 6.17. The number of hydrogen-bond acceptors (Lipinski definition) is 2. The number of carboxylic acids is 1. The lowest BCUT2D eigenvalue weighted by molar-refractivity contribution is -0.170. The summed E-state index contributed by atoms with van der Waals surface area (Å²) in [4.78, 5) is 23.2. The fraction of sp³-hybridized carbons (Fsp3) is 0.875. The van der Waals surface area contributed by atoms with Gasteiger partial charge in [-0.2, -0.15) is 0 Å². The van der Waals surface area contributed by atoms with E-state index < -0.39 is 5.97 Å². The van der Waals surface area contributed by atoms with Crippen molar-refractivity contribution in [3.8, 4) is 0 Å². The number of rotatable bonds is 4. The van der Waals surface area contributed by atoms with E-state index in [1.807, 2.05) is 0 Å². The number of aliphatic carboxylic acids is 1. The Morgan fingerprint density at radius 1 is 1.10 bits per heavy atom. The summed E-state index contributed by atoms with van der Waals surface area (Å²) >= 11 is 0. The lowest BCUT2D eigenvalue weighted by atomic mass is 9.40. The predicted octanol–water partition coefficient (Wildman–Crippen LogP) is 2.57. The van der Waals surface area contributed by atoms with E-state index in [1.165, 1.54) is 19.3 Å². The largest absolute Gasteiger partial charge is 0.481 e. The maximum atomic E-state index is 12.7. The number of hydrogen-bond donors (Lipinski definition) is 2. The molecule has 20 heavy (non-hydrogen) atoms. The third kappa shape index (κ3) is 2.23. The highest BCUT2D eigenvalue weighted by Crippen LogP contribution is 2.69. The highest BCUT2D eigenvalue weighted by Gasteiger charge is 2.62. The van der Waals surface area contributed by atoms with Crippen LogP contribution in [0.5, 0.6) is 0 Å². The van der Waals surface area contributed by atoms with Gasteiger partial charge in [-0.1, -0.05) is 13.8 Å². The standard InChI is InChI=1S/C16H25NO3/c1-14-5-11-6-15(2,8-14)10-16(7-11,9-14)13(20)17-4-3-12(18)19/h11H,3-10H2,1-2H3,(H,17,20)(H,18,19). The lowest BCUT2D eigenvalue weighted by Gasteiger charge is -2.64. The molecule has 4 saturated carbocycles. The van der Waals surface area contributed by atoms with E-state index in [9.17, 15) is 9.59 Å². The van der Waals surface area contributed by atoms with Gasteiger partial charge in [0.05, 0.1) is 11.8 Å². The van der Waals surface area contributed by atoms with E-state index >= 15 is 0 Å². The molecule has 4 bridgehead atoms. The second-order valence-electron chi connectivity index (χ2n) is 8.31. The van der Waals surface area contributed by atoms with Crippen molar-refractivity contribution in [3.63, 3.8) is 0 Å². The molecule has 0 heterocycles. The summed E-state index contributed by atoms with van der Waals surface area (Å²) in [6, 6.07) is 0. The normalized spacial score (nSPS) is 45.4. The monoisotopic (exact) mass is 279 g/mol. The molecule has 112 valence electrons. The zero-order valence-corrected chi connectivity index (χ0v) is 12.5. The van der Waals surface area contributed by atoms with Crippen molar-refractivity contribution in [1.82, 2.24) is 5.32 Å². The van der Waals surface area contributed by atoms with Crippen molar-refractivity contribution in [2.45, 2.75) is 58.8 Å². The molecule has 4 aliphatic rings. The van der Waals surface area contributed by atoms with Crippen LogP contribution in [0.25, 0.3) is 0 Å². The predicted molar refractivity (Wildman–Crippen MR) is 75.1 cm³/mol. The molecule has 2 unspecified atom stereocenters. The molecule has 0 aromatic rings. The van der Waals surface area contributed by atoms with E-state index in [1.54, 1.807) is 0 Å². The molecular weight excluding hydrogens is 254 g/mol. The van der Waals surface area contributed by atoms with Crippen LogP contribution in [0.3, 0.4) is 0 Å². The minimum Gasteiger partial charge on any atom is -0.481 e. The van der Waals surface area contributed by atoms with Gasteiger partial charge in [0.15, 0.2) is 0 Å².